The van der Waals surface area contributed by atoms with Crippen LogP contribution in [0, 0.1) is 11.3 Å². The van der Waals surface area contributed by atoms with Crippen molar-refractivity contribution >= 4 is 45.7 Å². The average molecular weight is 573 g/mol. The topological polar surface area (TPSA) is 114 Å². The van der Waals surface area contributed by atoms with E-state index in [4.69, 9.17) is 5.26 Å². The first kappa shape index (κ1) is 28.2. The molecule has 1 aliphatic heterocycles. The molecular formula is C31H23F3N4O4. The van der Waals surface area contributed by atoms with Gasteiger partial charge in [-0.15, -0.1) is 0 Å². The van der Waals surface area contributed by atoms with Gasteiger partial charge in [-0.25, -0.2) is 14.5 Å². The van der Waals surface area contributed by atoms with Gasteiger partial charge in [-0.2, -0.15) is 18.4 Å². The Morgan fingerprint density at radius 2 is 1.67 bits per heavy atom. The van der Waals surface area contributed by atoms with Gasteiger partial charge in [-0.05, 0) is 78.7 Å². The van der Waals surface area contributed by atoms with E-state index in [0.29, 0.717) is 27.9 Å². The van der Waals surface area contributed by atoms with Crippen LogP contribution in [-0.4, -0.2) is 33.5 Å². The van der Waals surface area contributed by atoms with Crippen LogP contribution >= 0.6 is 0 Å². The van der Waals surface area contributed by atoms with Crippen molar-refractivity contribution in [2.24, 2.45) is 0 Å². The maximum absolute atomic E-state index is 13.6. The number of fused-ring (bicyclic) bond motifs is 1. The van der Waals surface area contributed by atoms with E-state index in [1.165, 1.54) is 30.9 Å². The Morgan fingerprint density at radius 3 is 2.36 bits per heavy atom. The molecule has 212 valence electrons. The molecular weight excluding hydrogens is 549 g/mol. The molecule has 3 amide bonds. The monoisotopic (exact) mass is 572 g/mol. The summed E-state index contributed by atoms with van der Waals surface area (Å²) in [5, 5.41) is 23.2. The van der Waals surface area contributed by atoms with Gasteiger partial charge in [0, 0.05) is 11.4 Å². The summed E-state index contributed by atoms with van der Waals surface area (Å²) in [6, 6.07) is 20.7. The Kier molecular flexibility index (Phi) is 6.86. The number of imide groups is 1. The molecule has 1 aliphatic rings. The maximum Gasteiger partial charge on any atom is 0.417 e. The van der Waals surface area contributed by atoms with E-state index >= 15 is 0 Å². The maximum atomic E-state index is 13.6. The van der Waals surface area contributed by atoms with Gasteiger partial charge in [0.2, 0.25) is 0 Å². The number of carboxylic acid groups (broad SMARTS) is 1. The zero-order valence-electron chi connectivity index (χ0n) is 22.4. The third kappa shape index (κ3) is 4.99. The SMILES string of the molecule is CC1(C)C(=O)N(c2ccc(C#N)c(C(F)(F)F)c2)C(=O)N1Cc1ccccc1Nc1ccc2cc(C(=O)O)ccc2c1. The second-order valence-corrected chi connectivity index (χ2v) is 10.3. The number of aromatic carboxylic acids is 1. The lowest BCUT2D eigenvalue weighted by molar-refractivity contribution is -0.137. The van der Waals surface area contributed by atoms with Gasteiger partial charge < -0.3 is 15.3 Å². The summed E-state index contributed by atoms with van der Waals surface area (Å²) in [5.41, 5.74) is -1.37. The average Bonchev–Trinajstić information content (AvgIpc) is 3.11. The lowest BCUT2D eigenvalue weighted by Crippen LogP contribution is -2.43. The molecule has 1 heterocycles. The molecule has 11 heteroatoms. The Balaban J connectivity index is 1.44. The van der Waals surface area contributed by atoms with E-state index in [1.807, 2.05) is 6.07 Å². The highest BCUT2D eigenvalue weighted by Gasteiger charge is 2.52. The normalized spacial score (nSPS) is 14.8. The number of hydrogen-bond acceptors (Lipinski definition) is 5. The molecule has 0 unspecified atom stereocenters. The third-order valence-corrected chi connectivity index (χ3v) is 7.22. The van der Waals surface area contributed by atoms with Crippen molar-refractivity contribution in [3.05, 3.63) is 101 Å². The van der Waals surface area contributed by atoms with Crippen LogP contribution in [0.3, 0.4) is 0 Å². The van der Waals surface area contributed by atoms with Crippen molar-refractivity contribution in [3.8, 4) is 6.07 Å². The second kappa shape index (κ2) is 10.2. The number of benzene rings is 4. The van der Waals surface area contributed by atoms with Gasteiger partial charge in [0.25, 0.3) is 5.91 Å². The number of nitriles is 1. The van der Waals surface area contributed by atoms with Gasteiger partial charge in [-0.3, -0.25) is 4.79 Å². The highest BCUT2D eigenvalue weighted by atomic mass is 19.4. The minimum absolute atomic E-state index is 0.0325. The summed E-state index contributed by atoms with van der Waals surface area (Å²) in [7, 11) is 0. The van der Waals surface area contributed by atoms with Crippen molar-refractivity contribution in [1.29, 1.82) is 5.26 Å². The molecule has 1 fully saturated rings. The number of anilines is 3. The van der Waals surface area contributed by atoms with Crippen molar-refractivity contribution < 1.29 is 32.7 Å². The largest absolute Gasteiger partial charge is 0.478 e. The number of nitrogens with one attached hydrogen (secondary N) is 1. The fourth-order valence-corrected chi connectivity index (χ4v) is 4.89. The predicted molar refractivity (Wildman–Crippen MR) is 149 cm³/mol. The van der Waals surface area contributed by atoms with E-state index in [1.54, 1.807) is 48.5 Å². The van der Waals surface area contributed by atoms with Crippen LogP contribution in [0.1, 0.15) is 40.9 Å². The van der Waals surface area contributed by atoms with Gasteiger partial charge in [0.1, 0.15) is 5.54 Å². The number of urea groups is 1. The Bertz CT molecular complexity index is 1810. The van der Waals surface area contributed by atoms with Crippen LogP contribution in [0.4, 0.5) is 35.0 Å². The number of carboxylic acids is 1. The fraction of sp³-hybridized carbons (Fsp3) is 0.161. The molecule has 8 nitrogen and oxygen atoms in total. The standard InChI is InChI=1S/C31H23F3N4O4/c1-30(2)28(41)38(24-12-10-21(16-35)25(15-24)31(32,33)34)29(42)37(30)17-22-5-3-4-6-26(22)36-23-11-9-18-13-20(27(39)40)8-7-19(18)14-23/h3-15,36H,17H2,1-2H3,(H,39,40). The molecule has 42 heavy (non-hydrogen) atoms. The smallest absolute Gasteiger partial charge is 0.417 e. The summed E-state index contributed by atoms with van der Waals surface area (Å²) >= 11 is 0. The Morgan fingerprint density at radius 1 is 0.976 bits per heavy atom. The number of nitrogens with zero attached hydrogens (tertiary/aromatic N) is 3. The molecule has 5 rings (SSSR count). The number of carbonyl (C=O) groups is 3. The molecule has 2 N–H and O–H groups in total. The molecule has 0 aliphatic carbocycles. The van der Waals surface area contributed by atoms with Gasteiger partial charge in [0.05, 0.1) is 35.0 Å². The molecule has 4 aromatic rings. The van der Waals surface area contributed by atoms with Crippen LogP contribution in [0.2, 0.25) is 0 Å². The Hall–Kier alpha value is -5.37. The number of rotatable bonds is 6. The predicted octanol–water partition coefficient (Wildman–Crippen LogP) is 6.92. The number of halogens is 3. The first-order chi connectivity index (χ1) is 19.8. The first-order valence-electron chi connectivity index (χ1n) is 12.7. The fourth-order valence-electron chi connectivity index (χ4n) is 4.89. The number of hydrogen-bond donors (Lipinski definition) is 2. The number of alkyl halides is 3. The summed E-state index contributed by atoms with van der Waals surface area (Å²) in [4.78, 5) is 40.2. The van der Waals surface area contributed by atoms with Crippen molar-refractivity contribution in [1.82, 2.24) is 4.90 Å². The third-order valence-electron chi connectivity index (χ3n) is 7.22. The number of carbonyl (C=O) groups excluding carboxylic acids is 2. The molecule has 0 atom stereocenters. The Labute approximate surface area is 238 Å². The molecule has 0 spiro atoms. The van der Waals surface area contributed by atoms with Crippen molar-refractivity contribution in [2.75, 3.05) is 10.2 Å². The molecule has 0 bridgehead atoms. The van der Waals surface area contributed by atoms with Crippen LogP contribution in [-0.2, 0) is 17.5 Å². The van der Waals surface area contributed by atoms with Crippen LogP contribution in [0.25, 0.3) is 10.8 Å². The summed E-state index contributed by atoms with van der Waals surface area (Å²) in [6.07, 6.45) is -4.85. The van der Waals surface area contributed by atoms with Crippen LogP contribution < -0.4 is 10.2 Å². The zero-order valence-corrected chi connectivity index (χ0v) is 22.4. The molecule has 1 saturated heterocycles. The van der Waals surface area contributed by atoms with Gasteiger partial charge in [0.15, 0.2) is 0 Å². The van der Waals surface area contributed by atoms with E-state index in [9.17, 15) is 32.7 Å². The molecule has 0 aromatic heterocycles. The summed E-state index contributed by atoms with van der Waals surface area (Å²) < 4.78 is 40.8. The van der Waals surface area contributed by atoms with Crippen molar-refractivity contribution in [2.45, 2.75) is 32.1 Å². The minimum Gasteiger partial charge on any atom is -0.478 e. The highest BCUT2D eigenvalue weighted by Crippen LogP contribution is 2.39. The van der Waals surface area contributed by atoms with Gasteiger partial charge >= 0.3 is 18.2 Å². The van der Waals surface area contributed by atoms with Crippen LogP contribution in [0.5, 0.6) is 0 Å². The molecule has 0 radical (unpaired) electrons. The molecule has 0 saturated carbocycles. The lowest BCUT2D eigenvalue weighted by atomic mass is 10.0. The highest BCUT2D eigenvalue weighted by molar-refractivity contribution is 6.23. The van der Waals surface area contributed by atoms with E-state index < -0.39 is 40.7 Å². The van der Waals surface area contributed by atoms with Gasteiger partial charge in [-0.1, -0.05) is 30.3 Å². The lowest BCUT2D eigenvalue weighted by Gasteiger charge is -2.28. The summed E-state index contributed by atoms with van der Waals surface area (Å²) in [5.74, 6) is -1.73. The molecule has 4 aromatic carbocycles. The second-order valence-electron chi connectivity index (χ2n) is 10.3. The summed E-state index contributed by atoms with van der Waals surface area (Å²) in [6.45, 7) is 3.01. The quantitative estimate of drug-likeness (QED) is 0.243. The number of para-hydroxylation sites is 1. The minimum atomic E-state index is -4.85. The van der Waals surface area contributed by atoms with E-state index in [2.05, 4.69) is 5.32 Å². The first-order valence-corrected chi connectivity index (χ1v) is 12.7. The zero-order chi connectivity index (χ0) is 30.4. The van der Waals surface area contributed by atoms with Crippen LogP contribution in [0.15, 0.2) is 78.9 Å². The van der Waals surface area contributed by atoms with E-state index in [0.717, 1.165) is 22.9 Å². The van der Waals surface area contributed by atoms with E-state index in [-0.39, 0.29) is 17.8 Å². The number of amides is 3. The van der Waals surface area contributed by atoms with Crippen molar-refractivity contribution in [3.63, 3.8) is 0 Å².